The Labute approximate surface area is 268 Å². The van der Waals surface area contributed by atoms with Crippen molar-refractivity contribution in [3.63, 3.8) is 0 Å². The molecule has 242 valence electrons. The highest BCUT2D eigenvalue weighted by molar-refractivity contribution is 6.48. The van der Waals surface area contributed by atoms with Crippen LogP contribution in [0.4, 0.5) is 0 Å². The lowest BCUT2D eigenvalue weighted by Gasteiger charge is -2.64. The first kappa shape index (κ1) is 33.0. The molecule has 0 radical (unpaired) electrons. The zero-order chi connectivity index (χ0) is 32.4. The Kier molecular flexibility index (Phi) is 9.94. The Balaban J connectivity index is 1.27. The molecular formula is C35H50BN5O4. The zero-order valence-electron chi connectivity index (χ0n) is 27.6. The van der Waals surface area contributed by atoms with E-state index in [1.165, 1.54) is 12.5 Å². The number of amides is 2. The van der Waals surface area contributed by atoms with E-state index in [0.29, 0.717) is 49.5 Å². The van der Waals surface area contributed by atoms with E-state index in [9.17, 15) is 9.59 Å². The van der Waals surface area contributed by atoms with Gasteiger partial charge in [0.2, 0.25) is 11.8 Å². The fourth-order valence-electron chi connectivity index (χ4n) is 7.67. The molecule has 45 heavy (non-hydrogen) atoms. The second-order valence-electron chi connectivity index (χ2n) is 14.3. The van der Waals surface area contributed by atoms with Crippen LogP contribution < -0.4 is 21.7 Å². The molecule has 3 saturated carbocycles. The summed E-state index contributed by atoms with van der Waals surface area (Å²) in [6.07, 6.45) is 7.16. The van der Waals surface area contributed by atoms with Gasteiger partial charge in [0.25, 0.3) is 0 Å². The fourth-order valence-corrected chi connectivity index (χ4v) is 7.67. The number of carbonyl (C=O) groups is 2. The molecule has 6 rings (SSSR count). The van der Waals surface area contributed by atoms with Gasteiger partial charge in [-0.15, -0.1) is 0 Å². The number of nitrogens with one attached hydrogen (secondary N) is 3. The quantitative estimate of drug-likeness (QED) is 0.0919. The van der Waals surface area contributed by atoms with E-state index in [-0.39, 0.29) is 34.9 Å². The van der Waals surface area contributed by atoms with Crippen LogP contribution in [0.3, 0.4) is 0 Å². The number of aliphatic imine (C=N–C) groups is 1. The Morgan fingerprint density at radius 1 is 1.11 bits per heavy atom. The molecule has 9 nitrogen and oxygen atoms in total. The number of rotatable bonds is 12. The van der Waals surface area contributed by atoms with E-state index in [1.807, 2.05) is 36.4 Å². The first-order valence-corrected chi connectivity index (χ1v) is 16.5. The van der Waals surface area contributed by atoms with Gasteiger partial charge in [-0.3, -0.25) is 14.6 Å². The van der Waals surface area contributed by atoms with Crippen molar-refractivity contribution in [3.05, 3.63) is 54.1 Å². The number of nitrogens with zero attached hydrogens (tertiary/aromatic N) is 1. The normalized spacial score (nSPS) is 26.8. The van der Waals surface area contributed by atoms with Crippen LogP contribution in [0.2, 0.25) is 0 Å². The van der Waals surface area contributed by atoms with Gasteiger partial charge < -0.3 is 31.0 Å². The highest BCUT2D eigenvalue weighted by Gasteiger charge is 2.68. The Morgan fingerprint density at radius 3 is 2.58 bits per heavy atom. The lowest BCUT2D eigenvalue weighted by Crippen LogP contribution is -2.65. The number of guanidine groups is 1. The molecule has 4 aliphatic rings. The van der Waals surface area contributed by atoms with Gasteiger partial charge >= 0.3 is 7.12 Å². The SMILES string of the molecule is CN=C(N)NCCC[C@H](NC(=O)/C=C/c1ccc2ccccc2c1)C(=O)N[C@@H](CC(C)C)B1O[C@@H]2C[C@@H]3C[C@@H](C3(C)C)[C@]2(C)O1. The average Bonchev–Trinajstić information content (AvgIpc) is 3.37. The number of hydrogen-bond acceptors (Lipinski definition) is 5. The summed E-state index contributed by atoms with van der Waals surface area (Å²) in [5, 5.41) is 11.4. The van der Waals surface area contributed by atoms with Gasteiger partial charge in [0.05, 0.1) is 17.6 Å². The lowest BCUT2D eigenvalue weighted by atomic mass is 9.43. The van der Waals surface area contributed by atoms with Gasteiger partial charge in [-0.25, -0.2) is 0 Å². The standard InChI is InChI=1S/C35H50BN5O4/c1-22(2)18-30(36-44-29-21-26-20-28(34(26,3)4)35(29,5)45-36)41-32(43)27(12-9-17-39-33(37)38-6)40-31(42)16-14-23-13-15-24-10-7-8-11-25(24)19-23/h7-8,10-11,13-16,19,22,26-30H,9,12,17-18,20-21H2,1-6H3,(H,40,42)(H,41,43)(H3,37,38,39)/b16-14+/t26-,27-,28-,29+,30-,35-/m0/s1. The van der Waals surface area contributed by atoms with Crippen molar-refractivity contribution >= 4 is 41.7 Å². The Morgan fingerprint density at radius 2 is 1.87 bits per heavy atom. The topological polar surface area (TPSA) is 127 Å². The maximum atomic E-state index is 13.9. The molecule has 2 aromatic rings. The molecule has 2 aromatic carbocycles. The summed E-state index contributed by atoms with van der Waals surface area (Å²) in [4.78, 5) is 30.9. The maximum Gasteiger partial charge on any atom is 0.481 e. The van der Waals surface area contributed by atoms with Gasteiger partial charge in [-0.05, 0) is 90.7 Å². The fraction of sp³-hybridized carbons (Fsp3) is 0.571. The molecular weight excluding hydrogens is 565 g/mol. The summed E-state index contributed by atoms with van der Waals surface area (Å²) in [5.74, 6) is 0.797. The third-order valence-corrected chi connectivity index (χ3v) is 10.4. The molecule has 2 bridgehead atoms. The first-order chi connectivity index (χ1) is 21.4. The molecule has 0 spiro atoms. The van der Waals surface area contributed by atoms with Gasteiger partial charge in [-0.2, -0.15) is 0 Å². The molecule has 6 atom stereocenters. The second-order valence-corrected chi connectivity index (χ2v) is 14.3. The predicted octanol–water partition coefficient (Wildman–Crippen LogP) is 4.45. The van der Waals surface area contributed by atoms with Crippen LogP contribution in [0.5, 0.6) is 0 Å². The van der Waals surface area contributed by atoms with Gasteiger partial charge in [0.1, 0.15) is 6.04 Å². The number of benzene rings is 2. The van der Waals surface area contributed by atoms with Crippen molar-refractivity contribution in [2.24, 2.45) is 33.9 Å². The summed E-state index contributed by atoms with van der Waals surface area (Å²) in [6.45, 7) is 11.7. The van der Waals surface area contributed by atoms with Crippen LogP contribution in [-0.2, 0) is 18.9 Å². The monoisotopic (exact) mass is 615 g/mol. The number of fused-ring (bicyclic) bond motifs is 1. The first-order valence-electron chi connectivity index (χ1n) is 16.5. The molecule has 1 heterocycles. The zero-order valence-corrected chi connectivity index (χ0v) is 27.6. The van der Waals surface area contributed by atoms with Crippen molar-refractivity contribution in [1.29, 1.82) is 0 Å². The molecule has 0 aromatic heterocycles. The van der Waals surface area contributed by atoms with Crippen molar-refractivity contribution < 1.29 is 18.9 Å². The van der Waals surface area contributed by atoms with Gasteiger partial charge in [-0.1, -0.05) is 64.1 Å². The van der Waals surface area contributed by atoms with Gasteiger partial charge in [0, 0.05) is 19.7 Å². The van der Waals surface area contributed by atoms with Crippen LogP contribution in [0, 0.1) is 23.2 Å². The van der Waals surface area contributed by atoms with E-state index in [2.05, 4.69) is 61.6 Å². The Bertz CT molecular complexity index is 1440. The molecule has 4 fully saturated rings. The highest BCUT2D eigenvalue weighted by atomic mass is 16.7. The highest BCUT2D eigenvalue weighted by Crippen LogP contribution is 2.65. The number of hydrogen-bond donors (Lipinski definition) is 4. The van der Waals surface area contributed by atoms with E-state index in [0.717, 1.165) is 22.8 Å². The van der Waals surface area contributed by atoms with Crippen molar-refractivity contribution in [3.8, 4) is 0 Å². The summed E-state index contributed by atoms with van der Waals surface area (Å²) in [7, 11) is 1.08. The van der Waals surface area contributed by atoms with Crippen LogP contribution in [0.1, 0.15) is 72.3 Å². The van der Waals surface area contributed by atoms with Crippen LogP contribution in [-0.4, -0.2) is 62.2 Å². The van der Waals surface area contributed by atoms with E-state index < -0.39 is 13.2 Å². The predicted molar refractivity (Wildman–Crippen MR) is 181 cm³/mol. The van der Waals surface area contributed by atoms with Crippen molar-refractivity contribution in [2.75, 3.05) is 13.6 Å². The molecule has 5 N–H and O–H groups in total. The summed E-state index contributed by atoms with van der Waals surface area (Å²) in [5.41, 5.74) is 6.56. The molecule has 3 aliphatic carbocycles. The lowest BCUT2D eigenvalue weighted by molar-refractivity contribution is -0.199. The summed E-state index contributed by atoms with van der Waals surface area (Å²) < 4.78 is 13.3. The smallest absolute Gasteiger partial charge is 0.404 e. The Hall–Kier alpha value is -3.37. The number of carbonyl (C=O) groups excluding carboxylic acids is 2. The van der Waals surface area contributed by atoms with E-state index >= 15 is 0 Å². The largest absolute Gasteiger partial charge is 0.481 e. The minimum absolute atomic E-state index is 0.0262. The van der Waals surface area contributed by atoms with E-state index in [4.69, 9.17) is 15.0 Å². The summed E-state index contributed by atoms with van der Waals surface area (Å²) >= 11 is 0. The third-order valence-electron chi connectivity index (χ3n) is 10.4. The molecule has 0 unspecified atom stereocenters. The molecule has 1 saturated heterocycles. The van der Waals surface area contributed by atoms with Crippen molar-refractivity contribution in [2.45, 2.75) is 90.4 Å². The molecule has 10 heteroatoms. The van der Waals surface area contributed by atoms with Crippen LogP contribution >= 0.6 is 0 Å². The van der Waals surface area contributed by atoms with Crippen molar-refractivity contribution in [1.82, 2.24) is 16.0 Å². The maximum absolute atomic E-state index is 13.9. The van der Waals surface area contributed by atoms with E-state index in [1.54, 1.807) is 13.1 Å². The average molecular weight is 616 g/mol. The van der Waals surface area contributed by atoms with Crippen LogP contribution in [0.15, 0.2) is 53.5 Å². The van der Waals surface area contributed by atoms with Gasteiger partial charge in [0.15, 0.2) is 5.96 Å². The summed E-state index contributed by atoms with van der Waals surface area (Å²) in [6, 6.07) is 13.4. The molecule has 2 amide bonds. The minimum Gasteiger partial charge on any atom is -0.404 e. The third kappa shape index (κ3) is 7.22. The second kappa shape index (κ2) is 13.6. The molecule has 1 aliphatic heterocycles. The number of nitrogens with two attached hydrogens (primary N) is 1. The minimum atomic E-state index is -0.749. The van der Waals surface area contributed by atoms with Crippen LogP contribution in [0.25, 0.3) is 16.8 Å².